The summed E-state index contributed by atoms with van der Waals surface area (Å²) in [6.45, 7) is 4.56. The highest BCUT2D eigenvalue weighted by Gasteiger charge is 2.34. The highest BCUT2D eigenvalue weighted by atomic mass is 79.9. The van der Waals surface area contributed by atoms with E-state index >= 15 is 0 Å². The molecule has 0 atom stereocenters. The van der Waals surface area contributed by atoms with E-state index in [1.165, 1.54) is 16.0 Å². The van der Waals surface area contributed by atoms with E-state index in [1.54, 1.807) is 45.6 Å². The number of nitrogens with one attached hydrogen (secondary N) is 1. The average molecular weight is 563 g/mol. The van der Waals surface area contributed by atoms with Crippen LogP contribution < -0.4 is 16.0 Å². The van der Waals surface area contributed by atoms with E-state index in [2.05, 4.69) is 37.8 Å². The Morgan fingerprint density at radius 1 is 1.19 bits per heavy atom. The van der Waals surface area contributed by atoms with Crippen LogP contribution in [0.25, 0.3) is 11.3 Å². The van der Waals surface area contributed by atoms with Crippen molar-refractivity contribution in [3.8, 4) is 0 Å². The molecular weight excluding hydrogens is 536 g/mol. The van der Waals surface area contributed by atoms with Crippen molar-refractivity contribution >= 4 is 57.0 Å². The van der Waals surface area contributed by atoms with E-state index < -0.39 is 0 Å². The van der Waals surface area contributed by atoms with Gasteiger partial charge in [0, 0.05) is 50.1 Å². The molecule has 3 heterocycles. The molecule has 1 aromatic carbocycles. The van der Waals surface area contributed by atoms with Gasteiger partial charge in [-0.1, -0.05) is 40.7 Å². The third kappa shape index (κ3) is 5.31. The number of nitrogens with zero attached hydrogens (tertiary/aromatic N) is 6. The fraction of sp³-hybridized carbons (Fsp3) is 0.192. The maximum atomic E-state index is 13.1. The zero-order valence-corrected chi connectivity index (χ0v) is 22.4. The first-order valence-corrected chi connectivity index (χ1v) is 12.2. The van der Waals surface area contributed by atoms with E-state index in [-0.39, 0.29) is 18.4 Å². The molecule has 0 unspecified atom stereocenters. The summed E-state index contributed by atoms with van der Waals surface area (Å²) in [4.78, 5) is 41.9. The number of urea groups is 1. The summed E-state index contributed by atoms with van der Waals surface area (Å²) in [6, 6.07) is 12.9. The minimum absolute atomic E-state index is 0.0397. The average Bonchev–Trinajstić information content (AvgIpc) is 3.22. The number of fused-ring (bicyclic) bond motifs is 1. The van der Waals surface area contributed by atoms with Crippen LogP contribution in [-0.4, -0.2) is 58.7 Å². The first-order valence-electron chi connectivity index (χ1n) is 11.4. The summed E-state index contributed by atoms with van der Waals surface area (Å²) in [6.07, 6.45) is 2.96. The lowest BCUT2D eigenvalue weighted by molar-refractivity contribution is -0.115. The van der Waals surface area contributed by atoms with E-state index in [1.807, 2.05) is 28.8 Å². The van der Waals surface area contributed by atoms with Crippen LogP contribution >= 0.6 is 15.9 Å². The van der Waals surface area contributed by atoms with Crippen molar-refractivity contribution in [3.05, 3.63) is 82.5 Å². The van der Waals surface area contributed by atoms with E-state index in [9.17, 15) is 9.59 Å². The van der Waals surface area contributed by atoms with Crippen molar-refractivity contribution in [1.82, 2.24) is 19.4 Å². The Bertz CT molecular complexity index is 1440. The molecule has 4 rings (SSSR count). The second-order valence-electron chi connectivity index (χ2n) is 8.41. The number of nitrogens with two attached hydrogens (primary N) is 1. The highest BCUT2D eigenvalue weighted by molar-refractivity contribution is 9.10. The van der Waals surface area contributed by atoms with Crippen molar-refractivity contribution in [2.75, 3.05) is 31.4 Å². The fourth-order valence-corrected chi connectivity index (χ4v) is 4.49. The van der Waals surface area contributed by atoms with Crippen molar-refractivity contribution in [2.24, 2.45) is 10.7 Å². The van der Waals surface area contributed by atoms with Crippen molar-refractivity contribution in [1.29, 1.82) is 0 Å². The number of hydrogen-bond donors (Lipinski definition) is 2. The Labute approximate surface area is 223 Å². The summed E-state index contributed by atoms with van der Waals surface area (Å²) in [5.41, 5.74) is 9.10. The lowest BCUT2D eigenvalue weighted by atomic mass is 10.2. The molecule has 0 fully saturated rings. The van der Waals surface area contributed by atoms with Crippen LogP contribution in [0.3, 0.4) is 0 Å². The number of carbonyl (C=O) groups is 2. The summed E-state index contributed by atoms with van der Waals surface area (Å²) in [5, 5.41) is 2.84. The minimum atomic E-state index is -0.308. The largest absolute Gasteiger partial charge is 0.404 e. The van der Waals surface area contributed by atoms with Crippen LogP contribution in [0.2, 0.25) is 0 Å². The predicted molar refractivity (Wildman–Crippen MR) is 149 cm³/mol. The molecule has 0 aliphatic carbocycles. The molecule has 11 heteroatoms. The molecule has 0 spiro atoms. The van der Waals surface area contributed by atoms with Crippen LogP contribution in [0.1, 0.15) is 22.8 Å². The molecule has 1 aliphatic heterocycles. The molecule has 0 saturated carbocycles. The number of anilines is 2. The summed E-state index contributed by atoms with van der Waals surface area (Å²) in [5.74, 6) is 1.02. The van der Waals surface area contributed by atoms with E-state index in [4.69, 9.17) is 10.7 Å². The Morgan fingerprint density at radius 3 is 2.65 bits per heavy atom. The number of amides is 3. The summed E-state index contributed by atoms with van der Waals surface area (Å²) >= 11 is 3.51. The van der Waals surface area contributed by atoms with Crippen LogP contribution in [0, 0.1) is 0 Å². The summed E-state index contributed by atoms with van der Waals surface area (Å²) in [7, 11) is 4.96. The van der Waals surface area contributed by atoms with Crippen LogP contribution in [0.5, 0.6) is 0 Å². The van der Waals surface area contributed by atoms with Gasteiger partial charge in [-0.25, -0.2) is 14.8 Å². The number of benzene rings is 1. The van der Waals surface area contributed by atoms with Gasteiger partial charge in [0.25, 0.3) is 0 Å². The normalized spacial score (nSPS) is 13.9. The molecule has 1 aliphatic rings. The number of aromatic nitrogens is 3. The van der Waals surface area contributed by atoms with Gasteiger partial charge >= 0.3 is 6.03 Å². The Hall–Kier alpha value is -4.25. The number of halogens is 1. The van der Waals surface area contributed by atoms with E-state index in [0.29, 0.717) is 46.7 Å². The van der Waals surface area contributed by atoms with Gasteiger partial charge in [0.15, 0.2) is 5.82 Å². The van der Waals surface area contributed by atoms with Gasteiger partial charge in [0.1, 0.15) is 17.3 Å². The fourth-order valence-electron chi connectivity index (χ4n) is 4.05. The molecule has 0 saturated heterocycles. The summed E-state index contributed by atoms with van der Waals surface area (Å²) < 4.78 is 2.86. The second kappa shape index (κ2) is 10.8. The maximum Gasteiger partial charge on any atom is 0.329 e. The van der Waals surface area contributed by atoms with Crippen LogP contribution in [0.4, 0.5) is 16.4 Å². The Morgan fingerprint density at radius 2 is 1.95 bits per heavy atom. The second-order valence-corrected chi connectivity index (χ2v) is 9.32. The first kappa shape index (κ1) is 25.8. The molecule has 3 aromatic rings. The van der Waals surface area contributed by atoms with Gasteiger partial charge in [-0.15, -0.1) is 0 Å². The monoisotopic (exact) mass is 562 g/mol. The molecular formula is C26H27BrN8O2. The molecule has 190 valence electrons. The zero-order chi connectivity index (χ0) is 26.7. The number of imidazole rings is 1. The Balaban J connectivity index is 1.67. The smallest absolute Gasteiger partial charge is 0.329 e. The third-order valence-corrected chi connectivity index (χ3v) is 6.40. The van der Waals surface area contributed by atoms with Crippen LogP contribution in [-0.2, 0) is 17.8 Å². The van der Waals surface area contributed by atoms with Crippen LogP contribution in [0.15, 0.2) is 64.7 Å². The van der Waals surface area contributed by atoms with Gasteiger partial charge in [-0.3, -0.25) is 19.6 Å². The van der Waals surface area contributed by atoms with E-state index in [0.717, 1.165) is 10.0 Å². The maximum absolute atomic E-state index is 13.1. The van der Waals surface area contributed by atoms with Crippen molar-refractivity contribution in [2.45, 2.75) is 13.0 Å². The van der Waals surface area contributed by atoms with Gasteiger partial charge in [-0.05, 0) is 29.8 Å². The molecule has 3 N–H and O–H groups in total. The lowest BCUT2D eigenvalue weighted by Crippen LogP contribution is -2.42. The molecule has 10 nitrogen and oxygen atoms in total. The minimum Gasteiger partial charge on any atom is -0.404 e. The number of carbonyl (C=O) groups excluding carboxylic acids is 2. The number of aliphatic imine (C=N–C) groups is 1. The number of pyridine rings is 1. The Kier molecular flexibility index (Phi) is 7.53. The number of rotatable bonds is 7. The van der Waals surface area contributed by atoms with Gasteiger partial charge < -0.3 is 15.6 Å². The molecule has 0 bridgehead atoms. The first-order chi connectivity index (χ1) is 17.7. The number of hydrogen-bond acceptors (Lipinski definition) is 6. The van der Waals surface area contributed by atoms with Gasteiger partial charge in [0.05, 0.1) is 17.8 Å². The highest BCUT2D eigenvalue weighted by Crippen LogP contribution is 2.34. The molecule has 0 radical (unpaired) electrons. The SMILES string of the molecule is C=C1c2c(nc(CC(=O)Nc3cccc(C(C=NC)=CN)n3)n2Cc2cccc(Br)c2)N(C)C(=O)N1C. The third-order valence-electron chi connectivity index (χ3n) is 5.91. The lowest BCUT2D eigenvalue weighted by Gasteiger charge is -2.32. The predicted octanol–water partition coefficient (Wildman–Crippen LogP) is 3.74. The van der Waals surface area contributed by atoms with Gasteiger partial charge in [0.2, 0.25) is 5.91 Å². The quantitative estimate of drug-likeness (QED) is 0.425. The van der Waals surface area contributed by atoms with Crippen molar-refractivity contribution < 1.29 is 9.59 Å². The topological polar surface area (TPSA) is 122 Å². The molecule has 3 amide bonds. The standard InChI is InChI=1S/C26H27BrN8O2/c1-16-24-25(34(4)26(37)33(16)3)32-22(35(24)15-17-7-5-8-19(27)11-17)12-23(36)31-21-10-6-9-20(30-21)18(13-28)14-29-2/h5-11,13-14H,1,12,15,28H2,2-4H3,(H,30,31,36). The number of allylic oxidation sites excluding steroid dienone is 1. The zero-order valence-electron chi connectivity index (χ0n) is 20.8. The van der Waals surface area contributed by atoms with Crippen molar-refractivity contribution in [3.63, 3.8) is 0 Å². The molecule has 37 heavy (non-hydrogen) atoms. The molecule has 2 aromatic heterocycles. The van der Waals surface area contributed by atoms with Gasteiger partial charge in [-0.2, -0.15) is 0 Å².